The van der Waals surface area contributed by atoms with Gasteiger partial charge in [0.25, 0.3) is 5.91 Å². The third-order valence-electron chi connectivity index (χ3n) is 4.52. The van der Waals surface area contributed by atoms with Gasteiger partial charge in [-0.2, -0.15) is 0 Å². The number of benzene rings is 2. The van der Waals surface area contributed by atoms with E-state index in [-0.39, 0.29) is 11.5 Å². The number of rotatable bonds is 5. The summed E-state index contributed by atoms with van der Waals surface area (Å²) in [6, 6.07) is 17.0. The summed E-state index contributed by atoms with van der Waals surface area (Å²) < 4.78 is 10.3. The van der Waals surface area contributed by atoms with Gasteiger partial charge in [-0.1, -0.05) is 48.5 Å². The lowest BCUT2D eigenvalue weighted by atomic mass is 10.0. The van der Waals surface area contributed by atoms with Gasteiger partial charge < -0.3 is 14.4 Å². The van der Waals surface area contributed by atoms with Crippen LogP contribution in [0, 0.1) is 0 Å². The number of allylic oxidation sites excluding steroid dienone is 1. The lowest BCUT2D eigenvalue weighted by Crippen LogP contribution is -2.24. The molecule has 0 aromatic heterocycles. The fraction of sp³-hybridized carbons (Fsp3) is 0.182. The van der Waals surface area contributed by atoms with Crippen molar-refractivity contribution in [3.8, 4) is 5.75 Å². The molecule has 1 aliphatic heterocycles. The van der Waals surface area contributed by atoms with Gasteiger partial charge in [0.2, 0.25) is 0 Å². The summed E-state index contributed by atoms with van der Waals surface area (Å²) in [5.74, 6) is -0.138. The van der Waals surface area contributed by atoms with Gasteiger partial charge in [0.15, 0.2) is 0 Å². The van der Waals surface area contributed by atoms with Crippen LogP contribution in [0.3, 0.4) is 0 Å². The summed E-state index contributed by atoms with van der Waals surface area (Å²) in [6.45, 7) is 2.14. The van der Waals surface area contributed by atoms with Crippen molar-refractivity contribution in [2.45, 2.75) is 13.5 Å². The van der Waals surface area contributed by atoms with Gasteiger partial charge >= 0.3 is 5.97 Å². The maximum atomic E-state index is 13.1. The summed E-state index contributed by atoms with van der Waals surface area (Å²) in [6.07, 6.45) is 1.68. The molecule has 0 radical (unpaired) electrons. The van der Waals surface area contributed by atoms with Crippen LogP contribution in [-0.2, 0) is 20.9 Å². The Morgan fingerprint density at radius 2 is 1.70 bits per heavy atom. The Kier molecular flexibility index (Phi) is 5.41. The Hall–Kier alpha value is -3.34. The molecule has 0 saturated heterocycles. The number of carbonyl (C=O) groups is 2. The highest BCUT2D eigenvalue weighted by Crippen LogP contribution is 2.34. The zero-order chi connectivity index (χ0) is 19.4. The minimum atomic E-state index is -0.530. The topological polar surface area (TPSA) is 55.8 Å². The summed E-state index contributed by atoms with van der Waals surface area (Å²) >= 11 is 0. The maximum Gasteiger partial charge on any atom is 0.340 e. The monoisotopic (exact) mass is 363 g/mol. The number of carbonyl (C=O) groups excluding carboxylic acids is 2. The quantitative estimate of drug-likeness (QED) is 0.602. The van der Waals surface area contributed by atoms with Crippen molar-refractivity contribution in [1.82, 2.24) is 4.90 Å². The second kappa shape index (κ2) is 7.91. The molecule has 0 unspecified atom stereocenters. The first kappa shape index (κ1) is 18.5. The molecule has 0 N–H and O–H groups in total. The molecule has 0 bridgehead atoms. The maximum absolute atomic E-state index is 13.1. The van der Waals surface area contributed by atoms with Crippen molar-refractivity contribution < 1.29 is 19.1 Å². The molecule has 1 amide bonds. The first-order valence-electron chi connectivity index (χ1n) is 8.57. The van der Waals surface area contributed by atoms with Crippen LogP contribution in [0.1, 0.15) is 18.1 Å². The first-order chi connectivity index (χ1) is 13.1. The Balaban J connectivity index is 2.06. The van der Waals surface area contributed by atoms with Crippen LogP contribution in [0.25, 0.3) is 6.08 Å². The number of methoxy groups -OCH3 is 2. The van der Waals surface area contributed by atoms with Crippen LogP contribution in [0.15, 0.2) is 71.4 Å². The number of hydrogen-bond acceptors (Lipinski definition) is 4. The van der Waals surface area contributed by atoms with Gasteiger partial charge in [0.05, 0.1) is 31.9 Å². The molecule has 3 rings (SSSR count). The molecule has 0 fully saturated rings. The predicted molar refractivity (Wildman–Crippen MR) is 103 cm³/mol. The Morgan fingerprint density at radius 3 is 2.37 bits per heavy atom. The molecule has 5 heteroatoms. The van der Waals surface area contributed by atoms with Crippen molar-refractivity contribution >= 4 is 18.0 Å². The van der Waals surface area contributed by atoms with E-state index in [0.29, 0.717) is 23.6 Å². The van der Waals surface area contributed by atoms with Crippen molar-refractivity contribution in [2.24, 2.45) is 0 Å². The second-order valence-corrected chi connectivity index (χ2v) is 6.13. The van der Waals surface area contributed by atoms with Crippen LogP contribution in [0.5, 0.6) is 5.75 Å². The molecule has 138 valence electrons. The van der Waals surface area contributed by atoms with E-state index in [4.69, 9.17) is 9.47 Å². The van der Waals surface area contributed by atoms with Crippen molar-refractivity contribution in [3.05, 3.63) is 82.6 Å². The largest absolute Gasteiger partial charge is 0.496 e. The number of esters is 1. The van der Waals surface area contributed by atoms with E-state index in [2.05, 4.69) is 0 Å². The predicted octanol–water partition coefficient (Wildman–Crippen LogP) is 3.57. The number of ether oxygens (including phenoxy) is 2. The van der Waals surface area contributed by atoms with Crippen LogP contribution in [0.2, 0.25) is 0 Å². The molecule has 5 nitrogen and oxygen atoms in total. The Bertz CT molecular complexity index is 928. The summed E-state index contributed by atoms with van der Waals surface area (Å²) in [7, 11) is 2.88. The molecule has 1 heterocycles. The van der Waals surface area contributed by atoms with E-state index in [9.17, 15) is 9.59 Å². The van der Waals surface area contributed by atoms with E-state index in [1.54, 1.807) is 25.0 Å². The summed E-state index contributed by atoms with van der Waals surface area (Å²) in [4.78, 5) is 27.1. The molecular formula is C22H21NO4. The lowest BCUT2D eigenvalue weighted by molar-refractivity contribution is -0.136. The lowest BCUT2D eigenvalue weighted by Gasteiger charge is -2.17. The minimum absolute atomic E-state index is 0.234. The average Bonchev–Trinajstić information content (AvgIpc) is 2.93. The second-order valence-electron chi connectivity index (χ2n) is 6.13. The average molecular weight is 363 g/mol. The highest BCUT2D eigenvalue weighted by Gasteiger charge is 2.37. The fourth-order valence-electron chi connectivity index (χ4n) is 3.13. The molecule has 0 saturated carbocycles. The SMILES string of the molecule is COC(=O)C1=C(C)N(Cc2ccccc2)C(=O)/C1=C\c1ccccc1OC. The van der Waals surface area contributed by atoms with Gasteiger partial charge in [-0.15, -0.1) is 0 Å². The van der Waals surface area contributed by atoms with Gasteiger partial charge in [-0.05, 0) is 24.6 Å². The smallest absolute Gasteiger partial charge is 0.340 e. The Morgan fingerprint density at radius 1 is 1.04 bits per heavy atom. The van der Waals surface area contributed by atoms with Gasteiger partial charge in [0, 0.05) is 11.3 Å². The van der Waals surface area contributed by atoms with Gasteiger partial charge in [0.1, 0.15) is 5.75 Å². The highest BCUT2D eigenvalue weighted by atomic mass is 16.5. The van der Waals surface area contributed by atoms with Crippen LogP contribution in [-0.4, -0.2) is 31.0 Å². The van der Waals surface area contributed by atoms with E-state index in [1.165, 1.54) is 7.11 Å². The molecule has 27 heavy (non-hydrogen) atoms. The Labute approximate surface area is 158 Å². The number of para-hydroxylation sites is 1. The summed E-state index contributed by atoms with van der Waals surface area (Å²) in [5.41, 5.74) is 2.87. The standard InChI is InChI=1S/C22H21NO4/c1-15-20(22(25)27-3)18(13-17-11-7-8-12-19(17)26-2)21(24)23(15)14-16-9-5-4-6-10-16/h4-13H,14H2,1-3H3/b18-13-. The molecule has 0 atom stereocenters. The van der Waals surface area contributed by atoms with E-state index >= 15 is 0 Å². The number of nitrogens with zero attached hydrogens (tertiary/aromatic N) is 1. The third kappa shape index (κ3) is 3.62. The van der Waals surface area contributed by atoms with E-state index in [1.807, 2.05) is 54.6 Å². The van der Waals surface area contributed by atoms with E-state index < -0.39 is 5.97 Å². The normalized spacial score (nSPS) is 15.4. The van der Waals surface area contributed by atoms with Crippen molar-refractivity contribution in [2.75, 3.05) is 14.2 Å². The van der Waals surface area contributed by atoms with Crippen molar-refractivity contribution in [1.29, 1.82) is 0 Å². The molecule has 0 spiro atoms. The van der Waals surface area contributed by atoms with Gasteiger partial charge in [-0.3, -0.25) is 4.79 Å². The van der Waals surface area contributed by atoms with Gasteiger partial charge in [-0.25, -0.2) is 4.79 Å². The molecule has 0 aliphatic carbocycles. The molecule has 2 aromatic carbocycles. The number of hydrogen-bond donors (Lipinski definition) is 0. The first-order valence-corrected chi connectivity index (χ1v) is 8.57. The van der Waals surface area contributed by atoms with E-state index in [0.717, 1.165) is 11.1 Å². The van der Waals surface area contributed by atoms with Crippen molar-refractivity contribution in [3.63, 3.8) is 0 Å². The van der Waals surface area contributed by atoms with Crippen LogP contribution >= 0.6 is 0 Å². The molecule has 2 aromatic rings. The zero-order valence-electron chi connectivity index (χ0n) is 15.6. The minimum Gasteiger partial charge on any atom is -0.496 e. The fourth-order valence-corrected chi connectivity index (χ4v) is 3.13. The zero-order valence-corrected chi connectivity index (χ0v) is 15.6. The highest BCUT2D eigenvalue weighted by molar-refractivity contribution is 6.16. The van der Waals surface area contributed by atoms with Crippen LogP contribution < -0.4 is 4.74 Å². The molecule has 1 aliphatic rings. The number of amides is 1. The molecular weight excluding hydrogens is 342 g/mol. The third-order valence-corrected chi connectivity index (χ3v) is 4.52. The van der Waals surface area contributed by atoms with Crippen LogP contribution in [0.4, 0.5) is 0 Å². The summed E-state index contributed by atoms with van der Waals surface area (Å²) in [5, 5.41) is 0.